The molecule has 3 heterocycles. The number of nitrogens with zero attached hydrogens (tertiary/aromatic N) is 2. The van der Waals surface area contributed by atoms with Crippen LogP contribution in [0.4, 0.5) is 0 Å². The van der Waals surface area contributed by atoms with Crippen molar-refractivity contribution in [2.75, 3.05) is 20.2 Å². The van der Waals surface area contributed by atoms with E-state index in [2.05, 4.69) is 27.2 Å². The lowest BCUT2D eigenvalue weighted by atomic mass is 9.87. The summed E-state index contributed by atoms with van der Waals surface area (Å²) in [5, 5.41) is 13.0. The van der Waals surface area contributed by atoms with Crippen LogP contribution in [0.25, 0.3) is 11.1 Å². The molecular formula is C21H25ClN4O2S. The van der Waals surface area contributed by atoms with Crippen molar-refractivity contribution < 1.29 is 9.53 Å². The quantitative estimate of drug-likeness (QED) is 0.626. The Morgan fingerprint density at radius 2 is 2.03 bits per heavy atom. The number of nitrogens with one attached hydrogen (secondary N) is 2. The standard InChI is InChI=1S/C21H24N4O2S.ClH/c1-27-18-5-3-16(4-6-18)17-13-19(28-15-17)14-23-20(26)21(7-10-22-11-8-21)25-12-2-9-24-25;/h2-6,9,12-13,15,22H,7-8,10-11,14H2,1H3,(H,23,26);1H. The van der Waals surface area contributed by atoms with Gasteiger partial charge < -0.3 is 15.4 Å². The van der Waals surface area contributed by atoms with Crippen LogP contribution in [0, 0.1) is 0 Å². The maximum atomic E-state index is 13.1. The van der Waals surface area contributed by atoms with Crippen molar-refractivity contribution in [2.45, 2.75) is 24.9 Å². The number of piperidine rings is 1. The molecule has 1 saturated heterocycles. The number of methoxy groups -OCH3 is 1. The van der Waals surface area contributed by atoms with E-state index in [1.165, 1.54) is 0 Å². The molecule has 2 N–H and O–H groups in total. The number of carbonyl (C=O) groups is 1. The predicted molar refractivity (Wildman–Crippen MR) is 118 cm³/mol. The first-order valence-corrected chi connectivity index (χ1v) is 10.3. The summed E-state index contributed by atoms with van der Waals surface area (Å²) in [6.07, 6.45) is 5.10. The number of benzene rings is 1. The van der Waals surface area contributed by atoms with E-state index >= 15 is 0 Å². The van der Waals surface area contributed by atoms with Gasteiger partial charge in [-0.05, 0) is 66.7 Å². The van der Waals surface area contributed by atoms with Crippen LogP contribution in [0.1, 0.15) is 17.7 Å². The van der Waals surface area contributed by atoms with E-state index in [1.807, 2.05) is 41.2 Å². The third kappa shape index (κ3) is 4.47. The molecule has 0 spiro atoms. The molecule has 0 atom stereocenters. The predicted octanol–water partition coefficient (Wildman–Crippen LogP) is 3.44. The molecule has 2 aromatic heterocycles. The number of hydrogen-bond acceptors (Lipinski definition) is 5. The van der Waals surface area contributed by atoms with Crippen molar-refractivity contribution >= 4 is 29.7 Å². The van der Waals surface area contributed by atoms with Gasteiger partial charge in [0.15, 0.2) is 0 Å². The van der Waals surface area contributed by atoms with Gasteiger partial charge in [-0.1, -0.05) is 12.1 Å². The lowest BCUT2D eigenvalue weighted by molar-refractivity contribution is -0.132. The summed E-state index contributed by atoms with van der Waals surface area (Å²) in [6, 6.07) is 12.0. The molecule has 0 bridgehead atoms. The molecule has 1 amide bonds. The lowest BCUT2D eigenvalue weighted by Crippen LogP contribution is -2.54. The van der Waals surface area contributed by atoms with Gasteiger partial charge in [0, 0.05) is 17.3 Å². The smallest absolute Gasteiger partial charge is 0.248 e. The summed E-state index contributed by atoms with van der Waals surface area (Å²) in [4.78, 5) is 14.3. The van der Waals surface area contributed by atoms with E-state index in [4.69, 9.17) is 4.74 Å². The molecule has 0 aliphatic carbocycles. The molecular weight excluding hydrogens is 408 g/mol. The average molecular weight is 433 g/mol. The van der Waals surface area contributed by atoms with Gasteiger partial charge in [-0.25, -0.2) is 0 Å². The summed E-state index contributed by atoms with van der Waals surface area (Å²) in [6.45, 7) is 2.15. The largest absolute Gasteiger partial charge is 0.497 e. The van der Waals surface area contributed by atoms with Gasteiger partial charge in [0.1, 0.15) is 11.3 Å². The Balaban J connectivity index is 0.00000240. The first-order chi connectivity index (χ1) is 13.7. The summed E-state index contributed by atoms with van der Waals surface area (Å²) >= 11 is 1.66. The van der Waals surface area contributed by atoms with E-state index < -0.39 is 5.54 Å². The molecule has 1 aromatic carbocycles. The Kier molecular flexibility index (Phi) is 6.95. The lowest BCUT2D eigenvalue weighted by Gasteiger charge is -2.36. The minimum Gasteiger partial charge on any atom is -0.497 e. The first-order valence-electron chi connectivity index (χ1n) is 9.42. The Morgan fingerprint density at radius 3 is 2.69 bits per heavy atom. The first kappa shape index (κ1) is 21.4. The van der Waals surface area contributed by atoms with Gasteiger partial charge in [-0.2, -0.15) is 5.10 Å². The van der Waals surface area contributed by atoms with Crippen LogP contribution in [0.5, 0.6) is 5.75 Å². The Hall–Kier alpha value is -2.35. The zero-order valence-corrected chi connectivity index (χ0v) is 17.9. The number of thiophene rings is 1. The fourth-order valence-electron chi connectivity index (χ4n) is 3.66. The number of hydrogen-bond donors (Lipinski definition) is 2. The topological polar surface area (TPSA) is 68.2 Å². The van der Waals surface area contributed by atoms with E-state index in [-0.39, 0.29) is 18.3 Å². The number of ether oxygens (including phenoxy) is 1. The Morgan fingerprint density at radius 1 is 1.28 bits per heavy atom. The van der Waals surface area contributed by atoms with Crippen molar-refractivity contribution in [1.29, 1.82) is 0 Å². The number of carbonyl (C=O) groups excluding carboxylic acids is 1. The molecule has 0 saturated carbocycles. The SMILES string of the molecule is COc1ccc(-c2csc(CNC(=O)C3(n4cccn4)CCNCC3)c2)cc1.Cl. The van der Waals surface area contributed by atoms with Gasteiger partial charge in [0.2, 0.25) is 5.91 Å². The monoisotopic (exact) mass is 432 g/mol. The van der Waals surface area contributed by atoms with Crippen LogP contribution in [-0.4, -0.2) is 35.9 Å². The van der Waals surface area contributed by atoms with Crippen molar-refractivity contribution in [3.8, 4) is 16.9 Å². The highest BCUT2D eigenvalue weighted by molar-refractivity contribution is 7.10. The maximum absolute atomic E-state index is 13.1. The average Bonchev–Trinajstić information content (AvgIpc) is 3.45. The molecule has 154 valence electrons. The highest BCUT2D eigenvalue weighted by atomic mass is 35.5. The van der Waals surface area contributed by atoms with E-state index in [1.54, 1.807) is 24.6 Å². The maximum Gasteiger partial charge on any atom is 0.248 e. The van der Waals surface area contributed by atoms with Crippen molar-refractivity contribution in [3.63, 3.8) is 0 Å². The molecule has 4 rings (SSSR count). The second-order valence-corrected chi connectivity index (χ2v) is 7.94. The molecule has 0 unspecified atom stereocenters. The van der Waals surface area contributed by atoms with Gasteiger partial charge >= 0.3 is 0 Å². The van der Waals surface area contributed by atoms with Crippen molar-refractivity contribution in [3.05, 3.63) is 59.0 Å². The molecule has 0 radical (unpaired) electrons. The number of rotatable bonds is 6. The summed E-state index contributed by atoms with van der Waals surface area (Å²) in [5.74, 6) is 0.884. The van der Waals surface area contributed by atoms with Crippen LogP contribution < -0.4 is 15.4 Å². The molecule has 1 aliphatic heterocycles. The fourth-order valence-corrected chi connectivity index (χ4v) is 4.50. The Labute approximate surface area is 180 Å². The summed E-state index contributed by atoms with van der Waals surface area (Å²) in [7, 11) is 1.67. The minimum atomic E-state index is -0.606. The molecule has 8 heteroatoms. The van der Waals surface area contributed by atoms with Crippen molar-refractivity contribution in [1.82, 2.24) is 20.4 Å². The number of halogens is 1. The molecule has 3 aromatic rings. The summed E-state index contributed by atoms with van der Waals surface area (Å²) in [5.41, 5.74) is 1.69. The minimum absolute atomic E-state index is 0. The van der Waals surface area contributed by atoms with E-state index in [0.29, 0.717) is 6.54 Å². The van der Waals surface area contributed by atoms with Gasteiger partial charge in [-0.15, -0.1) is 23.7 Å². The van der Waals surface area contributed by atoms with Crippen molar-refractivity contribution in [2.24, 2.45) is 0 Å². The second-order valence-electron chi connectivity index (χ2n) is 6.95. The molecule has 1 fully saturated rings. The fraction of sp³-hybridized carbons (Fsp3) is 0.333. The van der Waals surface area contributed by atoms with Crippen LogP contribution in [0.2, 0.25) is 0 Å². The van der Waals surface area contributed by atoms with E-state index in [0.717, 1.165) is 47.7 Å². The summed E-state index contributed by atoms with van der Waals surface area (Å²) < 4.78 is 7.04. The number of aromatic nitrogens is 2. The van der Waals surface area contributed by atoms with E-state index in [9.17, 15) is 4.79 Å². The van der Waals surface area contributed by atoms with Gasteiger partial charge in [-0.3, -0.25) is 9.48 Å². The normalized spacial score (nSPS) is 15.3. The van der Waals surface area contributed by atoms with Crippen LogP contribution in [-0.2, 0) is 16.9 Å². The molecule has 29 heavy (non-hydrogen) atoms. The zero-order chi connectivity index (χ0) is 19.4. The Bertz CT molecular complexity index is 919. The highest BCUT2D eigenvalue weighted by Crippen LogP contribution is 2.29. The third-order valence-electron chi connectivity index (χ3n) is 5.30. The van der Waals surface area contributed by atoms with Crippen LogP contribution in [0.15, 0.2) is 54.2 Å². The highest BCUT2D eigenvalue weighted by Gasteiger charge is 2.41. The van der Waals surface area contributed by atoms with Gasteiger partial charge in [0.05, 0.1) is 13.7 Å². The third-order valence-corrected chi connectivity index (χ3v) is 6.23. The van der Waals surface area contributed by atoms with Gasteiger partial charge in [0.25, 0.3) is 0 Å². The molecule has 1 aliphatic rings. The zero-order valence-electron chi connectivity index (χ0n) is 16.3. The second kappa shape index (κ2) is 9.43. The molecule has 6 nitrogen and oxygen atoms in total. The number of amides is 1. The van der Waals surface area contributed by atoms with Crippen LogP contribution >= 0.6 is 23.7 Å². The van der Waals surface area contributed by atoms with Crippen LogP contribution in [0.3, 0.4) is 0 Å².